The number of aryl methyl sites for hydroxylation is 1. The second kappa shape index (κ2) is 7.69. The van der Waals surface area contributed by atoms with E-state index in [1.807, 2.05) is 0 Å². The summed E-state index contributed by atoms with van der Waals surface area (Å²) in [6.45, 7) is 4.96. The fourth-order valence-corrected chi connectivity index (χ4v) is 5.65. The van der Waals surface area contributed by atoms with Gasteiger partial charge in [-0.2, -0.15) is 4.31 Å². The summed E-state index contributed by atoms with van der Waals surface area (Å²) in [4.78, 5) is -0.0852. The van der Waals surface area contributed by atoms with Gasteiger partial charge in [0.05, 0.1) is 9.92 Å². The molecule has 0 amide bonds. The molecule has 0 saturated heterocycles. The summed E-state index contributed by atoms with van der Waals surface area (Å²) in [5, 5.41) is 5.53. The minimum atomic E-state index is -3.96. The van der Waals surface area contributed by atoms with E-state index in [1.165, 1.54) is 35.6 Å². The van der Waals surface area contributed by atoms with Crippen molar-refractivity contribution in [2.24, 2.45) is 5.14 Å². The molecule has 0 saturated carbocycles. The number of rotatable bonds is 5. The lowest BCUT2D eigenvalue weighted by atomic mass is 10.1. The van der Waals surface area contributed by atoms with Crippen molar-refractivity contribution in [2.75, 3.05) is 7.05 Å². The fourth-order valence-electron chi connectivity index (χ4n) is 2.62. The Morgan fingerprint density at radius 2 is 1.56 bits per heavy atom. The number of hydrogen-bond acceptors (Lipinski definition) is 4. The molecule has 148 valence electrons. The number of halogens is 2. The van der Waals surface area contributed by atoms with E-state index in [4.69, 9.17) is 28.3 Å². The van der Waals surface area contributed by atoms with Crippen molar-refractivity contribution in [3.63, 3.8) is 0 Å². The fraction of sp³-hybridized carbons (Fsp3) is 0.294. The number of primary sulfonamides is 1. The molecule has 2 aromatic rings. The zero-order chi connectivity index (χ0) is 20.7. The third-order valence-corrected chi connectivity index (χ3v) is 8.48. The largest absolute Gasteiger partial charge is 0.245 e. The smallest absolute Gasteiger partial charge is 0.225 e. The van der Waals surface area contributed by atoms with Crippen LogP contribution in [0.25, 0.3) is 0 Å². The lowest BCUT2D eigenvalue weighted by Crippen LogP contribution is -2.30. The van der Waals surface area contributed by atoms with Crippen LogP contribution in [0.5, 0.6) is 0 Å². The summed E-state index contributed by atoms with van der Waals surface area (Å²) in [5.41, 5.74) is 1.53. The van der Waals surface area contributed by atoms with Crippen LogP contribution in [0.4, 0.5) is 0 Å². The first-order valence-corrected chi connectivity index (χ1v) is 11.6. The minimum Gasteiger partial charge on any atom is -0.225 e. The van der Waals surface area contributed by atoms with Gasteiger partial charge < -0.3 is 0 Å². The van der Waals surface area contributed by atoms with Crippen LogP contribution in [0.15, 0.2) is 40.1 Å². The van der Waals surface area contributed by atoms with Gasteiger partial charge in [-0.1, -0.05) is 35.3 Å². The van der Waals surface area contributed by atoms with Crippen LogP contribution < -0.4 is 5.14 Å². The van der Waals surface area contributed by atoms with E-state index in [1.54, 1.807) is 26.8 Å². The van der Waals surface area contributed by atoms with Crippen LogP contribution in [-0.4, -0.2) is 28.2 Å². The maximum Gasteiger partial charge on any atom is 0.245 e. The molecule has 2 aromatic carbocycles. The molecule has 2 rings (SSSR count). The molecule has 10 heteroatoms. The Bertz CT molecular complexity index is 1060. The van der Waals surface area contributed by atoms with Crippen LogP contribution in [0.2, 0.25) is 10.0 Å². The predicted octanol–water partition coefficient (Wildman–Crippen LogP) is 3.64. The molecule has 0 spiro atoms. The van der Waals surface area contributed by atoms with Crippen molar-refractivity contribution >= 4 is 43.2 Å². The third-order valence-electron chi connectivity index (χ3n) is 4.46. The average Bonchev–Trinajstić information content (AvgIpc) is 2.58. The van der Waals surface area contributed by atoms with Crippen molar-refractivity contribution < 1.29 is 16.8 Å². The van der Waals surface area contributed by atoms with E-state index < -0.39 is 26.1 Å². The normalized spacial score (nSPS) is 13.8. The molecular formula is C17H20Cl2N2O4S2. The number of hydrogen-bond donors (Lipinski definition) is 1. The van der Waals surface area contributed by atoms with E-state index >= 15 is 0 Å². The summed E-state index contributed by atoms with van der Waals surface area (Å²) in [7, 11) is -6.35. The quantitative estimate of drug-likeness (QED) is 0.751. The monoisotopic (exact) mass is 450 g/mol. The zero-order valence-electron chi connectivity index (χ0n) is 15.2. The minimum absolute atomic E-state index is 0.0373. The summed E-state index contributed by atoms with van der Waals surface area (Å²) < 4.78 is 50.3. The highest BCUT2D eigenvalue weighted by molar-refractivity contribution is 7.89. The van der Waals surface area contributed by atoms with Gasteiger partial charge in [-0.3, -0.25) is 0 Å². The van der Waals surface area contributed by atoms with E-state index in [9.17, 15) is 16.8 Å². The highest BCUT2D eigenvalue weighted by Gasteiger charge is 2.31. The van der Waals surface area contributed by atoms with E-state index in [0.717, 1.165) is 0 Å². The van der Waals surface area contributed by atoms with Gasteiger partial charge in [0.1, 0.15) is 4.90 Å². The van der Waals surface area contributed by atoms with E-state index in [-0.39, 0.29) is 14.8 Å². The molecule has 0 unspecified atom stereocenters. The van der Waals surface area contributed by atoms with Gasteiger partial charge in [-0.05, 0) is 55.7 Å². The van der Waals surface area contributed by atoms with Crippen molar-refractivity contribution in [3.05, 3.63) is 57.1 Å². The van der Waals surface area contributed by atoms with Crippen molar-refractivity contribution in [3.8, 4) is 0 Å². The molecular weight excluding hydrogens is 431 g/mol. The van der Waals surface area contributed by atoms with Gasteiger partial charge in [0, 0.05) is 18.1 Å². The van der Waals surface area contributed by atoms with Gasteiger partial charge in [0.25, 0.3) is 0 Å². The Morgan fingerprint density at radius 3 is 2.04 bits per heavy atom. The zero-order valence-corrected chi connectivity index (χ0v) is 18.3. The van der Waals surface area contributed by atoms with Gasteiger partial charge in [0.15, 0.2) is 0 Å². The lowest BCUT2D eigenvalue weighted by Gasteiger charge is -2.26. The molecule has 0 aromatic heterocycles. The number of benzene rings is 2. The SMILES string of the molecule is Cc1cc(Cl)c(C)c(S(=O)(=O)N(C)[C@@H](C)c2ccc(S(N)(=O)=O)cc2)c1Cl. The predicted molar refractivity (Wildman–Crippen MR) is 107 cm³/mol. The van der Waals surface area contributed by atoms with Gasteiger partial charge in [0.2, 0.25) is 20.0 Å². The maximum absolute atomic E-state index is 13.2. The number of sulfonamides is 2. The lowest BCUT2D eigenvalue weighted by molar-refractivity contribution is 0.398. The second-order valence-corrected chi connectivity index (χ2v) is 10.5. The Labute approximate surface area is 170 Å². The van der Waals surface area contributed by atoms with Crippen molar-refractivity contribution in [1.82, 2.24) is 4.31 Å². The van der Waals surface area contributed by atoms with Gasteiger partial charge in [-0.15, -0.1) is 0 Å². The topological polar surface area (TPSA) is 97.5 Å². The van der Waals surface area contributed by atoms with Crippen LogP contribution >= 0.6 is 23.2 Å². The Balaban J connectivity index is 2.49. The van der Waals surface area contributed by atoms with E-state index in [2.05, 4.69) is 0 Å². The van der Waals surface area contributed by atoms with Crippen LogP contribution in [-0.2, 0) is 20.0 Å². The summed E-state index contributed by atoms with van der Waals surface area (Å²) in [6.07, 6.45) is 0. The summed E-state index contributed by atoms with van der Waals surface area (Å²) >= 11 is 12.4. The Hall–Kier alpha value is -1.16. The molecule has 0 aliphatic carbocycles. The summed E-state index contributed by atoms with van der Waals surface area (Å²) in [6, 6.07) is 6.75. The molecule has 0 aliphatic heterocycles. The van der Waals surface area contributed by atoms with Crippen molar-refractivity contribution in [1.29, 1.82) is 0 Å². The molecule has 2 N–H and O–H groups in total. The van der Waals surface area contributed by atoms with Gasteiger partial charge in [-0.25, -0.2) is 22.0 Å². The molecule has 6 nitrogen and oxygen atoms in total. The Morgan fingerprint density at radius 1 is 1.04 bits per heavy atom. The first-order valence-electron chi connectivity index (χ1n) is 7.84. The number of nitrogens with two attached hydrogens (primary N) is 1. The van der Waals surface area contributed by atoms with Crippen molar-refractivity contribution in [2.45, 2.75) is 36.6 Å². The molecule has 0 radical (unpaired) electrons. The summed E-state index contributed by atoms with van der Waals surface area (Å²) in [5.74, 6) is 0. The highest BCUT2D eigenvalue weighted by Crippen LogP contribution is 2.37. The van der Waals surface area contributed by atoms with Gasteiger partial charge >= 0.3 is 0 Å². The maximum atomic E-state index is 13.2. The molecule has 0 aliphatic rings. The standard InChI is InChI=1S/C17H20Cl2N2O4S2/c1-10-9-15(18)11(2)17(16(10)19)27(24,25)21(4)12(3)13-5-7-14(8-6-13)26(20,22)23/h5-9,12H,1-4H3,(H2,20,22,23)/t12-/m0/s1. The molecule has 0 heterocycles. The van der Waals surface area contributed by atoms with Crippen LogP contribution in [0, 0.1) is 13.8 Å². The first kappa shape index (κ1) is 22.1. The van der Waals surface area contributed by atoms with Crippen LogP contribution in [0.3, 0.4) is 0 Å². The number of nitrogens with zero attached hydrogens (tertiary/aromatic N) is 1. The third kappa shape index (κ3) is 4.31. The Kier molecular flexibility index (Phi) is 6.31. The molecule has 0 fully saturated rings. The second-order valence-electron chi connectivity index (χ2n) is 6.25. The van der Waals surface area contributed by atoms with Crippen LogP contribution in [0.1, 0.15) is 29.7 Å². The highest BCUT2D eigenvalue weighted by atomic mass is 35.5. The first-order chi connectivity index (χ1) is 12.3. The molecule has 27 heavy (non-hydrogen) atoms. The molecule has 1 atom stereocenters. The van der Waals surface area contributed by atoms with E-state index in [0.29, 0.717) is 21.7 Å². The molecule has 0 bridgehead atoms. The average molecular weight is 451 g/mol.